The predicted molar refractivity (Wildman–Crippen MR) is 61.0 cm³/mol. The molecule has 14 heavy (non-hydrogen) atoms. The molecular formula is C9H24N2O2Si. The fourth-order valence-corrected chi connectivity index (χ4v) is 4.07. The molecule has 0 spiro atoms. The van der Waals surface area contributed by atoms with E-state index >= 15 is 0 Å². The van der Waals surface area contributed by atoms with Gasteiger partial charge in [-0.3, -0.25) is 0 Å². The highest BCUT2D eigenvalue weighted by molar-refractivity contribution is 6.66. The second-order valence-corrected chi connectivity index (χ2v) is 7.49. The standard InChI is InChI=1S/C9H24N2O2Si/c1-8(2)7-14(4,12-3)13-9(11)5-6-10/h8-9H,5-7,10-11H2,1-4H3. The molecule has 0 fully saturated rings. The van der Waals surface area contributed by atoms with E-state index in [1.54, 1.807) is 7.11 Å². The first-order valence-electron chi connectivity index (χ1n) is 5.12. The lowest BCUT2D eigenvalue weighted by Gasteiger charge is -2.29. The monoisotopic (exact) mass is 220 g/mol. The Balaban J connectivity index is 4.09. The van der Waals surface area contributed by atoms with E-state index in [1.165, 1.54) is 0 Å². The van der Waals surface area contributed by atoms with Crippen LogP contribution in [0, 0.1) is 5.92 Å². The molecule has 2 unspecified atom stereocenters. The molecule has 86 valence electrons. The summed E-state index contributed by atoms with van der Waals surface area (Å²) in [4.78, 5) is 0. The average molecular weight is 220 g/mol. The molecule has 4 N–H and O–H groups in total. The number of hydrogen-bond acceptors (Lipinski definition) is 4. The summed E-state index contributed by atoms with van der Waals surface area (Å²) in [7, 11) is -0.369. The van der Waals surface area contributed by atoms with Crippen LogP contribution in [0.1, 0.15) is 20.3 Å². The SMILES string of the molecule is CO[Si](C)(CC(C)C)OC(N)CCN. The topological polar surface area (TPSA) is 70.5 Å². The van der Waals surface area contributed by atoms with Crippen LogP contribution >= 0.6 is 0 Å². The van der Waals surface area contributed by atoms with Crippen molar-refractivity contribution >= 4 is 8.56 Å². The molecule has 0 radical (unpaired) electrons. The van der Waals surface area contributed by atoms with Crippen LogP contribution in [-0.2, 0) is 8.85 Å². The minimum atomic E-state index is -2.07. The van der Waals surface area contributed by atoms with Crippen LogP contribution in [0.4, 0.5) is 0 Å². The van der Waals surface area contributed by atoms with Gasteiger partial charge in [0.15, 0.2) is 0 Å². The third-order valence-electron chi connectivity index (χ3n) is 2.06. The summed E-state index contributed by atoms with van der Waals surface area (Å²) < 4.78 is 11.2. The van der Waals surface area contributed by atoms with Crippen LogP contribution in [-0.4, -0.2) is 28.4 Å². The maximum absolute atomic E-state index is 5.77. The lowest BCUT2D eigenvalue weighted by molar-refractivity contribution is 0.129. The van der Waals surface area contributed by atoms with E-state index in [0.717, 1.165) is 6.04 Å². The molecule has 0 rings (SSSR count). The van der Waals surface area contributed by atoms with Crippen molar-refractivity contribution in [2.24, 2.45) is 17.4 Å². The van der Waals surface area contributed by atoms with E-state index in [-0.39, 0.29) is 6.23 Å². The lowest BCUT2D eigenvalue weighted by Crippen LogP contribution is -2.45. The molecular weight excluding hydrogens is 196 g/mol. The average Bonchev–Trinajstić information content (AvgIpc) is 2.02. The predicted octanol–water partition coefficient (Wildman–Crippen LogP) is 1.01. The summed E-state index contributed by atoms with van der Waals surface area (Å²) in [5.74, 6) is 0.566. The Morgan fingerprint density at radius 2 is 1.93 bits per heavy atom. The molecule has 0 amide bonds. The van der Waals surface area contributed by atoms with E-state index in [1.807, 2.05) is 6.55 Å². The largest absolute Gasteiger partial charge is 0.398 e. The fourth-order valence-electron chi connectivity index (χ4n) is 1.46. The Hall–Kier alpha value is 0.0569. The molecule has 0 saturated carbocycles. The molecule has 0 heterocycles. The van der Waals surface area contributed by atoms with Crippen LogP contribution in [0.2, 0.25) is 12.6 Å². The number of hydrogen-bond donors (Lipinski definition) is 2. The summed E-state index contributed by atoms with van der Waals surface area (Å²) in [5.41, 5.74) is 11.2. The summed E-state index contributed by atoms with van der Waals surface area (Å²) in [6, 6.07) is 0.960. The van der Waals surface area contributed by atoms with E-state index in [0.29, 0.717) is 18.9 Å². The molecule has 0 aromatic rings. The van der Waals surface area contributed by atoms with Crippen LogP contribution in [0.25, 0.3) is 0 Å². The number of rotatable bonds is 7. The quantitative estimate of drug-likeness (QED) is 0.496. The minimum Gasteiger partial charge on any atom is -0.398 e. The molecule has 0 aliphatic carbocycles. The molecule has 0 aliphatic rings. The van der Waals surface area contributed by atoms with Crippen molar-refractivity contribution in [3.05, 3.63) is 0 Å². The molecule has 0 bridgehead atoms. The zero-order valence-corrected chi connectivity index (χ0v) is 10.7. The van der Waals surface area contributed by atoms with Gasteiger partial charge in [0.25, 0.3) is 0 Å². The van der Waals surface area contributed by atoms with Gasteiger partial charge in [-0.15, -0.1) is 0 Å². The molecule has 0 aliphatic heterocycles. The fraction of sp³-hybridized carbons (Fsp3) is 1.00. The van der Waals surface area contributed by atoms with Crippen molar-refractivity contribution in [1.82, 2.24) is 0 Å². The molecule has 4 nitrogen and oxygen atoms in total. The van der Waals surface area contributed by atoms with Gasteiger partial charge in [0.05, 0.1) is 6.23 Å². The van der Waals surface area contributed by atoms with E-state index < -0.39 is 8.56 Å². The van der Waals surface area contributed by atoms with Gasteiger partial charge in [0.2, 0.25) is 0 Å². The zero-order chi connectivity index (χ0) is 11.2. The Morgan fingerprint density at radius 1 is 1.36 bits per heavy atom. The first-order valence-corrected chi connectivity index (χ1v) is 7.64. The van der Waals surface area contributed by atoms with Crippen molar-refractivity contribution < 1.29 is 8.85 Å². The van der Waals surface area contributed by atoms with Crippen LogP contribution < -0.4 is 11.5 Å². The third kappa shape index (κ3) is 5.72. The van der Waals surface area contributed by atoms with Gasteiger partial charge >= 0.3 is 8.56 Å². The molecule has 0 aromatic heterocycles. The van der Waals surface area contributed by atoms with E-state index in [4.69, 9.17) is 20.3 Å². The van der Waals surface area contributed by atoms with Crippen molar-refractivity contribution in [2.45, 2.75) is 39.1 Å². The second kappa shape index (κ2) is 6.52. The Labute approximate surface area is 88.2 Å². The van der Waals surface area contributed by atoms with Gasteiger partial charge in [0.1, 0.15) is 0 Å². The summed E-state index contributed by atoms with van der Waals surface area (Å²) in [6.45, 7) is 6.91. The highest BCUT2D eigenvalue weighted by Gasteiger charge is 2.33. The van der Waals surface area contributed by atoms with Gasteiger partial charge in [-0.05, 0) is 31.5 Å². The lowest BCUT2D eigenvalue weighted by atomic mass is 10.3. The van der Waals surface area contributed by atoms with Crippen molar-refractivity contribution in [3.63, 3.8) is 0 Å². The summed E-state index contributed by atoms with van der Waals surface area (Å²) >= 11 is 0. The van der Waals surface area contributed by atoms with Crippen molar-refractivity contribution in [3.8, 4) is 0 Å². The molecule has 5 heteroatoms. The normalized spacial score (nSPS) is 18.2. The maximum atomic E-state index is 5.77. The van der Waals surface area contributed by atoms with Crippen molar-refractivity contribution in [1.29, 1.82) is 0 Å². The second-order valence-electron chi connectivity index (χ2n) is 4.17. The van der Waals surface area contributed by atoms with Gasteiger partial charge < -0.3 is 20.3 Å². The number of nitrogens with two attached hydrogens (primary N) is 2. The Kier molecular flexibility index (Phi) is 6.55. The molecule has 0 aromatic carbocycles. The zero-order valence-electron chi connectivity index (χ0n) is 9.75. The van der Waals surface area contributed by atoms with Crippen LogP contribution in [0.15, 0.2) is 0 Å². The first-order chi connectivity index (χ1) is 6.43. The van der Waals surface area contributed by atoms with Gasteiger partial charge in [-0.2, -0.15) is 0 Å². The highest BCUT2D eigenvalue weighted by Crippen LogP contribution is 2.19. The van der Waals surface area contributed by atoms with E-state index in [2.05, 4.69) is 13.8 Å². The van der Waals surface area contributed by atoms with E-state index in [9.17, 15) is 0 Å². The highest BCUT2D eigenvalue weighted by atomic mass is 28.4. The van der Waals surface area contributed by atoms with Gasteiger partial charge in [-0.25, -0.2) is 0 Å². The van der Waals surface area contributed by atoms with Gasteiger partial charge in [-0.1, -0.05) is 13.8 Å². The first kappa shape index (κ1) is 14.1. The smallest absolute Gasteiger partial charge is 0.336 e. The third-order valence-corrected chi connectivity index (χ3v) is 5.29. The Morgan fingerprint density at radius 3 is 2.29 bits per heavy atom. The molecule has 0 saturated heterocycles. The summed E-state index contributed by atoms with van der Waals surface area (Å²) in [5, 5.41) is 0. The Bertz CT molecular complexity index is 158. The summed E-state index contributed by atoms with van der Waals surface area (Å²) in [6.07, 6.45) is 0.403. The van der Waals surface area contributed by atoms with Gasteiger partial charge in [0, 0.05) is 7.11 Å². The maximum Gasteiger partial charge on any atom is 0.336 e. The molecule has 2 atom stereocenters. The van der Waals surface area contributed by atoms with Crippen LogP contribution in [0.3, 0.4) is 0 Å². The minimum absolute atomic E-state index is 0.282. The van der Waals surface area contributed by atoms with Crippen molar-refractivity contribution in [2.75, 3.05) is 13.7 Å². The van der Waals surface area contributed by atoms with Crippen LogP contribution in [0.5, 0.6) is 0 Å².